The van der Waals surface area contributed by atoms with Crippen molar-refractivity contribution in [2.45, 2.75) is 44.8 Å². The van der Waals surface area contributed by atoms with Gasteiger partial charge in [-0.2, -0.15) is 15.0 Å². The number of anilines is 2. The van der Waals surface area contributed by atoms with Crippen molar-refractivity contribution in [1.82, 2.24) is 25.2 Å². The van der Waals surface area contributed by atoms with E-state index in [1.165, 1.54) is 0 Å². The van der Waals surface area contributed by atoms with E-state index in [0.717, 1.165) is 17.7 Å². The molecule has 11 heteroatoms. The zero-order valence-corrected chi connectivity index (χ0v) is 16.3. The maximum absolute atomic E-state index is 12.8. The van der Waals surface area contributed by atoms with Crippen LogP contribution in [0.5, 0.6) is 0 Å². The van der Waals surface area contributed by atoms with Crippen LogP contribution >= 0.6 is 0 Å². The van der Waals surface area contributed by atoms with Crippen LogP contribution in [0.15, 0.2) is 0 Å². The van der Waals surface area contributed by atoms with Crippen LogP contribution in [0.2, 0.25) is 0 Å². The molecule has 0 aromatic carbocycles. The molecule has 28 heavy (non-hydrogen) atoms. The molecule has 0 unspecified atom stereocenters. The van der Waals surface area contributed by atoms with Gasteiger partial charge in [0.25, 0.3) is 5.91 Å². The van der Waals surface area contributed by atoms with Gasteiger partial charge in [0.2, 0.25) is 11.9 Å². The van der Waals surface area contributed by atoms with Crippen molar-refractivity contribution in [3.63, 3.8) is 0 Å². The van der Waals surface area contributed by atoms with Crippen LogP contribution < -0.4 is 16.0 Å². The highest BCUT2D eigenvalue weighted by atomic mass is 16.5. The molecule has 0 bridgehead atoms. The Morgan fingerprint density at radius 2 is 1.96 bits per heavy atom. The van der Waals surface area contributed by atoms with Gasteiger partial charge in [0.1, 0.15) is 12.1 Å². The van der Waals surface area contributed by atoms with Gasteiger partial charge in [-0.1, -0.05) is 6.92 Å². The number of nitrogen functional groups attached to an aromatic ring is 1. The summed E-state index contributed by atoms with van der Waals surface area (Å²) in [7, 11) is 3.48. The van der Waals surface area contributed by atoms with E-state index in [1.54, 1.807) is 19.0 Å². The molecule has 3 rings (SSSR count). The fraction of sp³-hybridized carbons (Fsp3) is 0.647. The number of aromatic nitrogens is 3. The van der Waals surface area contributed by atoms with E-state index in [0.29, 0.717) is 24.7 Å². The first-order valence-electron chi connectivity index (χ1n) is 9.18. The molecular weight excluding hydrogens is 366 g/mol. The van der Waals surface area contributed by atoms with E-state index in [9.17, 15) is 14.4 Å². The molecule has 152 valence electrons. The first kappa shape index (κ1) is 19.8. The zero-order chi connectivity index (χ0) is 20.5. The van der Waals surface area contributed by atoms with Gasteiger partial charge in [-0.25, -0.2) is 4.79 Å². The largest absolute Gasteiger partial charge is 0.456 e. The Labute approximate surface area is 162 Å². The molecule has 2 heterocycles. The van der Waals surface area contributed by atoms with Crippen LogP contribution in [0.4, 0.5) is 16.7 Å². The van der Waals surface area contributed by atoms with Gasteiger partial charge in [-0.05, 0) is 31.6 Å². The molecule has 11 nitrogen and oxygen atoms in total. The number of hydrogen-bond acceptors (Lipinski definition) is 9. The Balaban J connectivity index is 1.59. The summed E-state index contributed by atoms with van der Waals surface area (Å²) < 4.78 is 5.13. The Morgan fingerprint density at radius 3 is 2.61 bits per heavy atom. The minimum absolute atomic E-state index is 0.00677. The second kappa shape index (κ2) is 7.56. The number of amides is 3. The molecule has 1 aliphatic heterocycles. The lowest BCUT2D eigenvalue weighted by Crippen LogP contribution is -2.49. The minimum Gasteiger partial charge on any atom is -0.456 e. The summed E-state index contributed by atoms with van der Waals surface area (Å²) in [5.41, 5.74) is 4.74. The van der Waals surface area contributed by atoms with Gasteiger partial charge in [0, 0.05) is 14.1 Å². The number of imide groups is 1. The predicted molar refractivity (Wildman–Crippen MR) is 99.0 cm³/mol. The molecular formula is C17H25N7O4. The van der Waals surface area contributed by atoms with E-state index in [1.807, 2.05) is 0 Å². The van der Waals surface area contributed by atoms with E-state index in [2.05, 4.69) is 27.2 Å². The third-order valence-electron chi connectivity index (χ3n) is 5.11. The number of nitrogens with two attached hydrogens (primary N) is 1. The first-order chi connectivity index (χ1) is 13.2. The highest BCUT2D eigenvalue weighted by molar-refractivity contribution is 6.08. The number of ether oxygens (including phenoxy) is 1. The van der Waals surface area contributed by atoms with E-state index in [4.69, 9.17) is 10.5 Å². The van der Waals surface area contributed by atoms with Gasteiger partial charge in [-0.3, -0.25) is 14.5 Å². The number of carbonyl (C=O) groups excluding carboxylic acids is 3. The number of urea groups is 1. The van der Waals surface area contributed by atoms with E-state index < -0.39 is 24.1 Å². The molecule has 0 radical (unpaired) electrons. The van der Waals surface area contributed by atoms with E-state index in [-0.39, 0.29) is 24.3 Å². The predicted octanol–water partition coefficient (Wildman–Crippen LogP) is 0.0637. The second-order valence-corrected chi connectivity index (χ2v) is 7.55. The molecule has 1 saturated heterocycles. The lowest BCUT2D eigenvalue weighted by molar-refractivity contribution is -0.149. The molecule has 1 aromatic heterocycles. The molecule has 2 aliphatic rings. The standard InChI is InChI=1S/C17H25N7O4/c1-10-4-6-17(7-5-10)13(26)24(16(27)22-17)8-12(25)28-9-11-19-14(18)21-15(20-11)23(2)3/h10H,4-9H2,1-3H3,(H,22,27)(H2,18,19,20,21). The Hall–Kier alpha value is -2.98. The minimum atomic E-state index is -0.882. The Kier molecular flexibility index (Phi) is 5.34. The normalized spacial score (nSPS) is 24.4. The number of nitrogens with zero attached hydrogens (tertiary/aromatic N) is 5. The van der Waals surface area contributed by atoms with Crippen LogP contribution in [0.3, 0.4) is 0 Å². The lowest BCUT2D eigenvalue weighted by atomic mass is 9.77. The maximum atomic E-state index is 12.8. The molecule has 3 amide bonds. The van der Waals surface area contributed by atoms with Crippen LogP contribution in [0.1, 0.15) is 38.4 Å². The summed E-state index contributed by atoms with van der Waals surface area (Å²) in [6.07, 6.45) is 2.89. The van der Waals surface area contributed by atoms with Crippen molar-refractivity contribution >= 4 is 29.8 Å². The van der Waals surface area contributed by atoms with Gasteiger partial charge in [0.15, 0.2) is 12.4 Å². The van der Waals surface area contributed by atoms with Gasteiger partial charge in [-0.15, -0.1) is 0 Å². The van der Waals surface area contributed by atoms with Crippen LogP contribution in [0.25, 0.3) is 0 Å². The number of esters is 1. The summed E-state index contributed by atoms with van der Waals surface area (Å²) in [5.74, 6) is -0.0436. The Morgan fingerprint density at radius 1 is 1.29 bits per heavy atom. The van der Waals surface area contributed by atoms with Gasteiger partial charge in [0.05, 0.1) is 0 Å². The topological polar surface area (TPSA) is 144 Å². The third-order valence-corrected chi connectivity index (χ3v) is 5.11. The average molecular weight is 391 g/mol. The fourth-order valence-corrected chi connectivity index (χ4v) is 3.42. The SMILES string of the molecule is CC1CCC2(CC1)NC(=O)N(CC(=O)OCc1nc(N)nc(N(C)C)n1)C2=O. The molecule has 1 spiro atoms. The van der Waals surface area contributed by atoms with Crippen molar-refractivity contribution in [2.24, 2.45) is 5.92 Å². The van der Waals surface area contributed by atoms with Crippen molar-refractivity contribution in [2.75, 3.05) is 31.3 Å². The first-order valence-corrected chi connectivity index (χ1v) is 9.18. The molecule has 3 N–H and O–H groups in total. The summed E-state index contributed by atoms with van der Waals surface area (Å²) in [4.78, 5) is 51.7. The second-order valence-electron chi connectivity index (χ2n) is 7.55. The number of rotatable bonds is 5. The number of nitrogens with one attached hydrogen (secondary N) is 1. The summed E-state index contributed by atoms with van der Waals surface area (Å²) in [5, 5.41) is 2.77. The van der Waals surface area contributed by atoms with E-state index >= 15 is 0 Å². The molecule has 2 fully saturated rings. The smallest absolute Gasteiger partial charge is 0.326 e. The lowest BCUT2D eigenvalue weighted by Gasteiger charge is -2.33. The third kappa shape index (κ3) is 3.97. The molecule has 1 saturated carbocycles. The fourth-order valence-electron chi connectivity index (χ4n) is 3.42. The summed E-state index contributed by atoms with van der Waals surface area (Å²) in [6.45, 7) is 1.43. The average Bonchev–Trinajstić information content (AvgIpc) is 2.86. The highest BCUT2D eigenvalue weighted by Crippen LogP contribution is 2.36. The van der Waals surface area contributed by atoms with Crippen LogP contribution in [-0.4, -0.2) is 63.9 Å². The molecule has 1 aromatic rings. The van der Waals surface area contributed by atoms with Crippen LogP contribution in [-0.2, 0) is 20.9 Å². The Bertz CT molecular complexity index is 790. The highest BCUT2D eigenvalue weighted by Gasteiger charge is 2.52. The van der Waals surface area contributed by atoms with Crippen LogP contribution in [0, 0.1) is 5.92 Å². The van der Waals surface area contributed by atoms with Crippen molar-refractivity contribution in [3.8, 4) is 0 Å². The quantitative estimate of drug-likeness (QED) is 0.526. The van der Waals surface area contributed by atoms with Gasteiger partial charge < -0.3 is 20.7 Å². The zero-order valence-electron chi connectivity index (χ0n) is 16.3. The van der Waals surface area contributed by atoms with Crippen molar-refractivity contribution in [1.29, 1.82) is 0 Å². The van der Waals surface area contributed by atoms with Crippen molar-refractivity contribution < 1.29 is 19.1 Å². The number of carbonyl (C=O) groups is 3. The van der Waals surface area contributed by atoms with Gasteiger partial charge >= 0.3 is 12.0 Å². The summed E-state index contributed by atoms with van der Waals surface area (Å²) in [6, 6.07) is -0.559. The van der Waals surface area contributed by atoms with Crippen molar-refractivity contribution in [3.05, 3.63) is 5.82 Å². The molecule has 0 atom stereocenters. The summed E-state index contributed by atoms with van der Waals surface area (Å²) >= 11 is 0. The molecule has 1 aliphatic carbocycles. The number of hydrogen-bond donors (Lipinski definition) is 2. The maximum Gasteiger partial charge on any atom is 0.326 e. The monoisotopic (exact) mass is 391 g/mol.